The lowest BCUT2D eigenvalue weighted by atomic mass is 9.86. The topological polar surface area (TPSA) is 0 Å². The molecule has 0 aromatic carbocycles. The van der Waals surface area contributed by atoms with E-state index in [1.807, 2.05) is 26.0 Å². The Kier molecular flexibility index (Phi) is 2.53. The highest BCUT2D eigenvalue weighted by Gasteiger charge is 2.31. The fourth-order valence-electron chi connectivity index (χ4n) is 1.09. The number of halogens is 2. The van der Waals surface area contributed by atoms with Crippen molar-refractivity contribution < 1.29 is 4.39 Å². The Morgan fingerprint density at radius 1 is 1.64 bits per heavy atom. The van der Waals surface area contributed by atoms with E-state index in [9.17, 15) is 4.39 Å². The normalized spacial score (nSPS) is 30.8. The Hall–Kier alpha value is -0.110. The van der Waals surface area contributed by atoms with Crippen molar-refractivity contribution in [3.8, 4) is 0 Å². The summed E-state index contributed by atoms with van der Waals surface area (Å²) in [5.41, 5.74) is -1.15. The third kappa shape index (κ3) is 1.92. The van der Waals surface area contributed by atoms with Crippen molar-refractivity contribution in [1.82, 2.24) is 0 Å². The highest BCUT2D eigenvalue weighted by atomic mass is 79.9. The molecule has 0 spiro atoms. The Bertz CT molecular complexity index is 206. The molecule has 0 N–H and O–H groups in total. The lowest BCUT2D eigenvalue weighted by Crippen LogP contribution is -2.27. The van der Waals surface area contributed by atoms with Gasteiger partial charge < -0.3 is 0 Å². The summed E-state index contributed by atoms with van der Waals surface area (Å²) in [7, 11) is 0. The first-order valence-corrected chi connectivity index (χ1v) is 4.58. The first kappa shape index (κ1) is 8.98. The van der Waals surface area contributed by atoms with Crippen LogP contribution in [0.3, 0.4) is 0 Å². The van der Waals surface area contributed by atoms with Crippen LogP contribution in [0.2, 0.25) is 0 Å². The van der Waals surface area contributed by atoms with Gasteiger partial charge in [-0.3, -0.25) is 0 Å². The fourth-order valence-corrected chi connectivity index (χ4v) is 1.66. The zero-order valence-corrected chi connectivity index (χ0v) is 8.36. The van der Waals surface area contributed by atoms with Crippen LogP contribution in [0.5, 0.6) is 0 Å². The van der Waals surface area contributed by atoms with Gasteiger partial charge in [-0.15, -0.1) is 0 Å². The average molecular weight is 219 g/mol. The fraction of sp³-hybridized carbons (Fsp3) is 0.556. The third-order valence-corrected chi connectivity index (χ3v) is 2.54. The van der Waals surface area contributed by atoms with Gasteiger partial charge >= 0.3 is 0 Å². The molecule has 0 fully saturated rings. The second-order valence-corrected chi connectivity index (χ2v) is 4.13. The number of alkyl halides is 1. The lowest BCUT2D eigenvalue weighted by molar-refractivity contribution is 0.161. The SMILES string of the molecule is CC(C)C1(F)C=C(Br)C=CC1. The molecule has 0 aromatic rings. The van der Waals surface area contributed by atoms with Crippen LogP contribution in [0.25, 0.3) is 0 Å². The van der Waals surface area contributed by atoms with Gasteiger partial charge in [-0.05, 0) is 12.0 Å². The van der Waals surface area contributed by atoms with Gasteiger partial charge in [0, 0.05) is 10.9 Å². The van der Waals surface area contributed by atoms with Crippen LogP contribution in [0.1, 0.15) is 20.3 Å². The number of allylic oxidation sites excluding steroid dienone is 4. The minimum absolute atomic E-state index is 0.0417. The van der Waals surface area contributed by atoms with Gasteiger partial charge in [0.25, 0.3) is 0 Å². The summed E-state index contributed by atoms with van der Waals surface area (Å²) >= 11 is 3.27. The van der Waals surface area contributed by atoms with E-state index in [0.29, 0.717) is 6.42 Å². The minimum Gasteiger partial charge on any atom is -0.239 e. The quantitative estimate of drug-likeness (QED) is 0.632. The van der Waals surface area contributed by atoms with Crippen molar-refractivity contribution in [2.75, 3.05) is 0 Å². The summed E-state index contributed by atoms with van der Waals surface area (Å²) in [6, 6.07) is 0. The van der Waals surface area contributed by atoms with E-state index in [4.69, 9.17) is 0 Å². The molecule has 1 rings (SSSR count). The van der Waals surface area contributed by atoms with Crippen LogP contribution in [0.4, 0.5) is 4.39 Å². The van der Waals surface area contributed by atoms with Crippen molar-refractivity contribution in [1.29, 1.82) is 0 Å². The van der Waals surface area contributed by atoms with E-state index in [2.05, 4.69) is 15.9 Å². The van der Waals surface area contributed by atoms with E-state index < -0.39 is 5.67 Å². The molecule has 0 saturated carbocycles. The van der Waals surface area contributed by atoms with Crippen LogP contribution >= 0.6 is 15.9 Å². The zero-order valence-electron chi connectivity index (χ0n) is 6.77. The molecule has 0 amide bonds. The molecule has 62 valence electrons. The summed E-state index contributed by atoms with van der Waals surface area (Å²) in [4.78, 5) is 0. The van der Waals surface area contributed by atoms with E-state index in [1.165, 1.54) is 0 Å². The predicted molar refractivity (Wildman–Crippen MR) is 49.4 cm³/mol. The van der Waals surface area contributed by atoms with E-state index >= 15 is 0 Å². The maximum atomic E-state index is 13.8. The zero-order chi connectivity index (χ0) is 8.48. The van der Waals surface area contributed by atoms with Crippen molar-refractivity contribution >= 4 is 15.9 Å². The Balaban J connectivity index is 2.83. The van der Waals surface area contributed by atoms with E-state index in [1.54, 1.807) is 6.08 Å². The van der Waals surface area contributed by atoms with Gasteiger partial charge in [-0.25, -0.2) is 4.39 Å². The van der Waals surface area contributed by atoms with Crippen molar-refractivity contribution in [2.45, 2.75) is 25.9 Å². The average Bonchev–Trinajstić information content (AvgIpc) is 1.86. The van der Waals surface area contributed by atoms with Gasteiger partial charge in [0.05, 0.1) is 0 Å². The molecule has 0 saturated heterocycles. The maximum absolute atomic E-state index is 13.8. The van der Waals surface area contributed by atoms with Crippen LogP contribution in [0, 0.1) is 5.92 Å². The van der Waals surface area contributed by atoms with Gasteiger partial charge in [0.15, 0.2) is 0 Å². The van der Waals surface area contributed by atoms with E-state index in [-0.39, 0.29) is 5.92 Å². The monoisotopic (exact) mass is 218 g/mol. The van der Waals surface area contributed by atoms with Gasteiger partial charge in [-0.1, -0.05) is 41.9 Å². The lowest BCUT2D eigenvalue weighted by Gasteiger charge is -2.27. The third-order valence-electron chi connectivity index (χ3n) is 2.05. The molecule has 11 heavy (non-hydrogen) atoms. The van der Waals surface area contributed by atoms with Gasteiger partial charge in [0.2, 0.25) is 0 Å². The molecule has 2 heteroatoms. The Morgan fingerprint density at radius 3 is 2.64 bits per heavy atom. The van der Waals surface area contributed by atoms with Crippen LogP contribution in [0.15, 0.2) is 22.7 Å². The molecular formula is C9H12BrF. The van der Waals surface area contributed by atoms with Crippen molar-refractivity contribution in [2.24, 2.45) is 5.92 Å². The molecule has 0 aliphatic heterocycles. The van der Waals surface area contributed by atoms with Crippen LogP contribution < -0.4 is 0 Å². The first-order chi connectivity index (χ1) is 5.04. The predicted octanol–water partition coefficient (Wildman–Crippen LogP) is 3.59. The highest BCUT2D eigenvalue weighted by Crippen LogP contribution is 2.34. The van der Waals surface area contributed by atoms with Crippen LogP contribution in [-0.4, -0.2) is 5.67 Å². The number of rotatable bonds is 1. The summed E-state index contributed by atoms with van der Waals surface area (Å²) in [6.45, 7) is 3.80. The summed E-state index contributed by atoms with van der Waals surface area (Å²) in [6.07, 6.45) is 5.90. The van der Waals surface area contributed by atoms with Gasteiger partial charge in [-0.2, -0.15) is 0 Å². The van der Waals surface area contributed by atoms with Crippen molar-refractivity contribution in [3.05, 3.63) is 22.7 Å². The standard InChI is InChI=1S/C9H12BrF/c1-7(2)9(11)5-3-4-8(10)6-9/h3-4,6-7H,5H2,1-2H3. The molecule has 1 aliphatic carbocycles. The van der Waals surface area contributed by atoms with E-state index in [0.717, 1.165) is 4.48 Å². The maximum Gasteiger partial charge on any atom is 0.136 e. The first-order valence-electron chi connectivity index (χ1n) is 3.78. The highest BCUT2D eigenvalue weighted by molar-refractivity contribution is 9.11. The molecule has 1 aliphatic rings. The Labute approximate surface area is 75.3 Å². The molecule has 0 aromatic heterocycles. The van der Waals surface area contributed by atoms with Crippen molar-refractivity contribution in [3.63, 3.8) is 0 Å². The van der Waals surface area contributed by atoms with Gasteiger partial charge in [0.1, 0.15) is 5.67 Å². The number of hydrogen-bond donors (Lipinski definition) is 0. The molecule has 0 heterocycles. The molecular weight excluding hydrogens is 207 g/mol. The second kappa shape index (κ2) is 3.10. The number of hydrogen-bond acceptors (Lipinski definition) is 0. The van der Waals surface area contributed by atoms with Crippen LogP contribution in [-0.2, 0) is 0 Å². The molecule has 0 bridgehead atoms. The molecule has 0 nitrogen and oxygen atoms in total. The largest absolute Gasteiger partial charge is 0.239 e. The summed E-state index contributed by atoms with van der Waals surface area (Å²) < 4.78 is 14.6. The smallest absolute Gasteiger partial charge is 0.136 e. The Morgan fingerprint density at radius 2 is 2.27 bits per heavy atom. The second-order valence-electron chi connectivity index (χ2n) is 3.22. The summed E-state index contributed by atoms with van der Waals surface area (Å²) in [5.74, 6) is 0.0417. The molecule has 0 radical (unpaired) electrons. The molecule has 1 unspecified atom stereocenters. The summed E-state index contributed by atoms with van der Waals surface area (Å²) in [5, 5.41) is 0. The molecule has 1 atom stereocenters. The minimum atomic E-state index is -1.15.